The van der Waals surface area contributed by atoms with Gasteiger partial charge in [-0.15, -0.1) is 0 Å². The third kappa shape index (κ3) is 4.32. The fraction of sp³-hybridized carbons (Fsp3) is 0.960. The van der Waals surface area contributed by atoms with E-state index in [0.29, 0.717) is 41.4 Å². The van der Waals surface area contributed by atoms with Gasteiger partial charge < -0.3 is 4.74 Å². The van der Waals surface area contributed by atoms with Gasteiger partial charge in [-0.1, -0.05) is 26.7 Å². The first-order chi connectivity index (χ1) is 14.6. The van der Waals surface area contributed by atoms with Crippen LogP contribution in [0.2, 0.25) is 0 Å². The third-order valence-electron chi connectivity index (χ3n) is 10.2. The molecule has 0 amide bonds. The largest absolute Gasteiger partial charge is 0.469 e. The molecule has 31 heavy (non-hydrogen) atoms. The first-order valence-electron chi connectivity index (χ1n) is 12.5. The first-order valence-corrected chi connectivity index (χ1v) is 14.4. The molecule has 0 aliphatic heterocycles. The van der Waals surface area contributed by atoms with Gasteiger partial charge in [-0.2, -0.15) is 8.42 Å². The van der Waals surface area contributed by atoms with Gasteiger partial charge in [-0.25, -0.2) is 0 Å². The van der Waals surface area contributed by atoms with Crippen molar-refractivity contribution in [3.05, 3.63) is 0 Å². The summed E-state index contributed by atoms with van der Waals surface area (Å²) in [5.74, 6) is 2.53. The summed E-state index contributed by atoms with van der Waals surface area (Å²) in [6.45, 7) is 4.97. The van der Waals surface area contributed by atoms with Crippen LogP contribution in [0.25, 0.3) is 0 Å². The summed E-state index contributed by atoms with van der Waals surface area (Å²) in [6, 6.07) is 0. The van der Waals surface area contributed by atoms with E-state index in [9.17, 15) is 13.2 Å². The molecule has 0 N–H and O–H groups in total. The molecule has 0 spiro atoms. The van der Waals surface area contributed by atoms with Crippen LogP contribution in [-0.2, 0) is 23.8 Å². The number of hydrogen-bond donors (Lipinski definition) is 0. The molecular formula is C25H42O5S. The maximum absolute atomic E-state index is 12.2. The van der Waals surface area contributed by atoms with Crippen LogP contribution in [0.5, 0.6) is 0 Å². The highest BCUT2D eigenvalue weighted by Crippen LogP contribution is 2.68. The second-order valence-corrected chi connectivity index (χ2v) is 13.2. The zero-order valence-electron chi connectivity index (χ0n) is 19.9. The van der Waals surface area contributed by atoms with E-state index in [2.05, 4.69) is 13.8 Å². The van der Waals surface area contributed by atoms with Gasteiger partial charge in [0, 0.05) is 6.42 Å². The molecule has 0 bridgehead atoms. The van der Waals surface area contributed by atoms with Crippen molar-refractivity contribution in [2.45, 2.75) is 97.0 Å². The number of fused-ring (bicyclic) bond motifs is 5. The Morgan fingerprint density at radius 3 is 2.45 bits per heavy atom. The van der Waals surface area contributed by atoms with Crippen LogP contribution in [0.4, 0.5) is 0 Å². The van der Waals surface area contributed by atoms with E-state index < -0.39 is 10.1 Å². The zero-order valence-corrected chi connectivity index (χ0v) is 20.7. The molecule has 0 heterocycles. The Bertz CT molecular complexity index is 779. The van der Waals surface area contributed by atoms with Gasteiger partial charge in [-0.05, 0) is 98.2 Å². The molecule has 6 heteroatoms. The summed E-state index contributed by atoms with van der Waals surface area (Å²) in [7, 11) is -2.01. The second kappa shape index (κ2) is 8.62. The standard InChI is InChI=1S/C25H42O5S/c1-24-14-6-5-8-18(24)16-21(30-31(4,27)28)23-19-12-11-17(9-7-10-22(26)29-3)25(19,2)15-13-20(23)24/h17-21,23H,5-16H2,1-4H3/t17-,18?,19?,20?,21+,23?,24-,25+/m0/s1. The SMILES string of the molecule is COC(=O)CCC[C@H]1CCC2C3C(CC[C@@]21C)[C@@]1(C)CCCCC1C[C@H]3OS(C)(=O)=O. The highest BCUT2D eigenvalue weighted by Gasteiger charge is 2.62. The van der Waals surface area contributed by atoms with Crippen molar-refractivity contribution in [2.24, 2.45) is 40.4 Å². The van der Waals surface area contributed by atoms with Crippen LogP contribution in [0.15, 0.2) is 0 Å². The lowest BCUT2D eigenvalue weighted by atomic mass is 9.44. The molecule has 4 aliphatic carbocycles. The van der Waals surface area contributed by atoms with Crippen molar-refractivity contribution in [1.82, 2.24) is 0 Å². The van der Waals surface area contributed by atoms with Gasteiger partial charge in [0.25, 0.3) is 10.1 Å². The fourth-order valence-corrected chi connectivity index (χ4v) is 9.39. The van der Waals surface area contributed by atoms with Crippen LogP contribution in [0.1, 0.15) is 90.9 Å². The molecule has 0 radical (unpaired) electrons. The van der Waals surface area contributed by atoms with Crippen molar-refractivity contribution in [2.75, 3.05) is 13.4 Å². The number of hydrogen-bond acceptors (Lipinski definition) is 5. The number of methoxy groups -OCH3 is 1. The van der Waals surface area contributed by atoms with Crippen molar-refractivity contribution in [1.29, 1.82) is 0 Å². The Morgan fingerprint density at radius 1 is 1.00 bits per heavy atom. The molecule has 4 saturated carbocycles. The molecular weight excluding hydrogens is 412 g/mol. The molecule has 8 atom stereocenters. The number of carbonyl (C=O) groups excluding carboxylic acids is 1. The number of ether oxygens (including phenoxy) is 1. The molecule has 4 aliphatic rings. The summed E-state index contributed by atoms with van der Waals surface area (Å²) in [5.41, 5.74) is 0.568. The highest BCUT2D eigenvalue weighted by molar-refractivity contribution is 7.86. The van der Waals surface area contributed by atoms with Crippen molar-refractivity contribution in [3.8, 4) is 0 Å². The Balaban J connectivity index is 1.58. The van der Waals surface area contributed by atoms with E-state index in [1.165, 1.54) is 64.7 Å². The third-order valence-corrected chi connectivity index (χ3v) is 10.8. The summed E-state index contributed by atoms with van der Waals surface area (Å²) in [5, 5.41) is 0. The lowest BCUT2D eigenvalue weighted by Gasteiger charge is -2.62. The van der Waals surface area contributed by atoms with Crippen LogP contribution < -0.4 is 0 Å². The quantitative estimate of drug-likeness (QED) is 0.400. The van der Waals surface area contributed by atoms with Gasteiger partial charge in [0.2, 0.25) is 0 Å². The van der Waals surface area contributed by atoms with Crippen LogP contribution in [0.3, 0.4) is 0 Å². The van der Waals surface area contributed by atoms with Crippen molar-refractivity contribution in [3.63, 3.8) is 0 Å². The average molecular weight is 455 g/mol. The van der Waals surface area contributed by atoms with Crippen molar-refractivity contribution < 1.29 is 22.1 Å². The van der Waals surface area contributed by atoms with Gasteiger partial charge in [0.1, 0.15) is 0 Å². The van der Waals surface area contributed by atoms with E-state index in [0.717, 1.165) is 19.3 Å². The average Bonchev–Trinajstić information content (AvgIpc) is 3.03. The van der Waals surface area contributed by atoms with E-state index in [4.69, 9.17) is 8.92 Å². The fourth-order valence-electron chi connectivity index (χ4n) is 8.73. The summed E-state index contributed by atoms with van der Waals surface area (Å²) < 4.78 is 35.1. The minimum Gasteiger partial charge on any atom is -0.469 e. The van der Waals surface area contributed by atoms with Crippen LogP contribution in [-0.4, -0.2) is 33.9 Å². The predicted octanol–water partition coefficient (Wildman–Crippen LogP) is 5.33. The minimum absolute atomic E-state index is 0.117. The second-order valence-electron chi connectivity index (χ2n) is 11.6. The van der Waals surface area contributed by atoms with Gasteiger partial charge in [0.15, 0.2) is 0 Å². The molecule has 5 nitrogen and oxygen atoms in total. The molecule has 4 fully saturated rings. The molecule has 0 aromatic heterocycles. The van der Waals surface area contributed by atoms with E-state index in [-0.39, 0.29) is 17.5 Å². The molecule has 0 aromatic rings. The van der Waals surface area contributed by atoms with Gasteiger partial charge in [-0.3, -0.25) is 8.98 Å². The number of carbonyl (C=O) groups is 1. The molecule has 0 aromatic carbocycles. The molecule has 4 unspecified atom stereocenters. The predicted molar refractivity (Wildman–Crippen MR) is 121 cm³/mol. The molecule has 178 valence electrons. The molecule has 4 rings (SSSR count). The van der Waals surface area contributed by atoms with Crippen molar-refractivity contribution >= 4 is 16.1 Å². The molecule has 0 saturated heterocycles. The normalized spacial score (nSPS) is 44.8. The Labute approximate surface area is 189 Å². The van der Waals surface area contributed by atoms with Crippen LogP contribution >= 0.6 is 0 Å². The van der Waals surface area contributed by atoms with E-state index in [1.54, 1.807) is 0 Å². The van der Waals surface area contributed by atoms with E-state index >= 15 is 0 Å². The Morgan fingerprint density at radius 2 is 1.74 bits per heavy atom. The smallest absolute Gasteiger partial charge is 0.305 e. The maximum atomic E-state index is 12.2. The van der Waals surface area contributed by atoms with Gasteiger partial charge in [0.05, 0.1) is 19.5 Å². The van der Waals surface area contributed by atoms with Crippen LogP contribution in [0, 0.1) is 40.4 Å². The lowest BCUT2D eigenvalue weighted by molar-refractivity contribution is -0.154. The summed E-state index contributed by atoms with van der Waals surface area (Å²) >= 11 is 0. The Kier molecular flexibility index (Phi) is 6.55. The van der Waals surface area contributed by atoms with E-state index in [1.807, 2.05) is 0 Å². The highest BCUT2D eigenvalue weighted by atomic mass is 32.2. The maximum Gasteiger partial charge on any atom is 0.305 e. The lowest BCUT2D eigenvalue weighted by Crippen LogP contribution is -2.58. The number of esters is 1. The Hall–Kier alpha value is -0.620. The first kappa shape index (κ1) is 23.5. The minimum atomic E-state index is -3.47. The zero-order chi connectivity index (χ0) is 22.4. The summed E-state index contributed by atoms with van der Waals surface area (Å²) in [6.07, 6.45) is 14.3. The summed E-state index contributed by atoms with van der Waals surface area (Å²) in [4.78, 5) is 11.6. The van der Waals surface area contributed by atoms with Gasteiger partial charge >= 0.3 is 5.97 Å². The monoisotopic (exact) mass is 454 g/mol. The topological polar surface area (TPSA) is 69.7 Å². The number of rotatable bonds is 6.